The van der Waals surface area contributed by atoms with Gasteiger partial charge in [-0.3, -0.25) is 9.69 Å². The summed E-state index contributed by atoms with van der Waals surface area (Å²) in [5.74, 6) is 2.37. The van der Waals surface area contributed by atoms with Crippen LogP contribution in [0.3, 0.4) is 0 Å². The first-order valence-electron chi connectivity index (χ1n) is 12.0. The van der Waals surface area contributed by atoms with Gasteiger partial charge in [-0.05, 0) is 37.9 Å². The van der Waals surface area contributed by atoms with E-state index in [4.69, 9.17) is 19.2 Å². The molecule has 1 aromatic heterocycles. The smallest absolute Gasteiger partial charge is 0.232 e. The monoisotopic (exact) mass is 491 g/mol. The normalized spacial score (nSPS) is 15.2. The molecule has 190 valence electrons. The Balaban J connectivity index is 1.64. The fraction of sp³-hybridized carbons (Fsp3) is 0.370. The van der Waals surface area contributed by atoms with Gasteiger partial charge < -0.3 is 24.8 Å². The number of hydrogen-bond acceptors (Lipinski definition) is 8. The zero-order valence-corrected chi connectivity index (χ0v) is 21.2. The first kappa shape index (κ1) is 25.2. The van der Waals surface area contributed by atoms with Crippen molar-refractivity contribution in [3.05, 3.63) is 59.8 Å². The van der Waals surface area contributed by atoms with E-state index >= 15 is 0 Å². The third kappa shape index (κ3) is 5.85. The summed E-state index contributed by atoms with van der Waals surface area (Å²) >= 11 is 0. The molecule has 0 bridgehead atoms. The highest BCUT2D eigenvalue weighted by Crippen LogP contribution is 2.40. The van der Waals surface area contributed by atoms with Gasteiger partial charge in [0.05, 0.1) is 33.8 Å². The molecule has 0 radical (unpaired) electrons. The largest absolute Gasteiger partial charge is 0.493 e. The van der Waals surface area contributed by atoms with Crippen LogP contribution < -0.4 is 29.7 Å². The number of hydrogen-bond donors (Lipinski definition) is 2. The van der Waals surface area contributed by atoms with E-state index < -0.39 is 0 Å². The minimum Gasteiger partial charge on any atom is -0.493 e. The average molecular weight is 492 g/mol. The molecule has 2 heterocycles. The van der Waals surface area contributed by atoms with Crippen LogP contribution in [0, 0.1) is 12.8 Å². The number of aromatic nitrogens is 2. The molecule has 9 nitrogen and oxygen atoms in total. The molecular formula is C27H33N5O4. The van der Waals surface area contributed by atoms with E-state index in [1.54, 1.807) is 50.6 Å². The lowest BCUT2D eigenvalue weighted by atomic mass is 9.97. The molecule has 0 saturated carbocycles. The number of piperidine rings is 1. The lowest BCUT2D eigenvalue weighted by Crippen LogP contribution is -2.43. The lowest BCUT2D eigenvalue weighted by molar-refractivity contribution is -0.123. The van der Waals surface area contributed by atoms with E-state index in [-0.39, 0.29) is 11.8 Å². The van der Waals surface area contributed by atoms with Gasteiger partial charge >= 0.3 is 0 Å². The third-order valence-electron chi connectivity index (χ3n) is 6.21. The van der Waals surface area contributed by atoms with E-state index in [0.717, 1.165) is 24.9 Å². The first-order chi connectivity index (χ1) is 17.5. The van der Waals surface area contributed by atoms with E-state index in [1.165, 1.54) is 5.56 Å². The van der Waals surface area contributed by atoms with Crippen molar-refractivity contribution >= 4 is 23.4 Å². The van der Waals surface area contributed by atoms with Crippen LogP contribution in [-0.4, -0.2) is 50.3 Å². The summed E-state index contributed by atoms with van der Waals surface area (Å²) in [4.78, 5) is 24.5. The third-order valence-corrected chi connectivity index (χ3v) is 6.21. The second-order valence-corrected chi connectivity index (χ2v) is 8.73. The number of benzene rings is 2. The maximum absolute atomic E-state index is 13.6. The van der Waals surface area contributed by atoms with Gasteiger partial charge in [-0.1, -0.05) is 29.8 Å². The van der Waals surface area contributed by atoms with Crippen LogP contribution in [-0.2, 0) is 11.3 Å². The molecule has 1 aliphatic rings. The van der Waals surface area contributed by atoms with Crippen LogP contribution in [0.15, 0.2) is 48.7 Å². The average Bonchev–Trinajstić information content (AvgIpc) is 2.92. The molecule has 1 atom stereocenters. The van der Waals surface area contributed by atoms with Crippen molar-refractivity contribution in [1.82, 2.24) is 15.3 Å². The molecule has 3 aromatic rings. The highest BCUT2D eigenvalue weighted by atomic mass is 16.5. The van der Waals surface area contributed by atoms with Crippen LogP contribution in [0.25, 0.3) is 0 Å². The van der Waals surface area contributed by atoms with Gasteiger partial charge in [0, 0.05) is 30.6 Å². The zero-order valence-electron chi connectivity index (χ0n) is 21.2. The molecule has 1 aliphatic heterocycles. The minimum absolute atomic E-state index is 0.0558. The second kappa shape index (κ2) is 11.7. The van der Waals surface area contributed by atoms with Crippen LogP contribution >= 0.6 is 0 Å². The van der Waals surface area contributed by atoms with Crippen molar-refractivity contribution < 1.29 is 19.0 Å². The summed E-state index contributed by atoms with van der Waals surface area (Å²) in [5.41, 5.74) is 2.87. The standard InChI is InChI=1S/C27H33N5O4/c1-18-7-9-19(10-8-18)17-32(26(33)20-6-5-12-28-16-20)24-11-13-29-27(31-24)30-21-14-22(34-2)25(36-4)23(15-21)35-3/h7-11,13-15,20,28H,5-6,12,16-17H2,1-4H3,(H,29,30,31). The Morgan fingerprint density at radius 3 is 2.42 bits per heavy atom. The second-order valence-electron chi connectivity index (χ2n) is 8.73. The molecule has 36 heavy (non-hydrogen) atoms. The molecular weight excluding hydrogens is 458 g/mol. The number of carbonyl (C=O) groups is 1. The molecule has 2 N–H and O–H groups in total. The quantitative estimate of drug-likeness (QED) is 0.462. The van der Waals surface area contributed by atoms with Crippen molar-refractivity contribution in [3.63, 3.8) is 0 Å². The van der Waals surface area contributed by atoms with Crippen LogP contribution in [0.1, 0.15) is 24.0 Å². The van der Waals surface area contributed by atoms with Gasteiger partial charge in [-0.2, -0.15) is 4.98 Å². The first-order valence-corrected chi connectivity index (χ1v) is 12.0. The molecule has 9 heteroatoms. The maximum atomic E-state index is 13.6. The Morgan fingerprint density at radius 1 is 1.08 bits per heavy atom. The van der Waals surface area contributed by atoms with Crippen LogP contribution in [0.5, 0.6) is 17.2 Å². The number of anilines is 3. The van der Waals surface area contributed by atoms with Gasteiger partial charge in [-0.15, -0.1) is 0 Å². The fourth-order valence-corrected chi connectivity index (χ4v) is 4.27. The summed E-state index contributed by atoms with van der Waals surface area (Å²) in [6, 6.07) is 13.5. The van der Waals surface area contributed by atoms with Crippen LogP contribution in [0.2, 0.25) is 0 Å². The molecule has 1 unspecified atom stereocenters. The Kier molecular flexibility index (Phi) is 8.22. The number of aryl methyl sites for hydroxylation is 1. The Bertz CT molecular complexity index is 1150. The van der Waals surface area contributed by atoms with Gasteiger partial charge in [0.15, 0.2) is 11.5 Å². The molecule has 1 saturated heterocycles. The highest BCUT2D eigenvalue weighted by molar-refractivity contribution is 5.94. The van der Waals surface area contributed by atoms with E-state index in [9.17, 15) is 4.79 Å². The van der Waals surface area contributed by atoms with Crippen LogP contribution in [0.4, 0.5) is 17.5 Å². The number of amides is 1. The Labute approximate surface area is 211 Å². The Hall–Kier alpha value is -3.85. The Morgan fingerprint density at radius 2 is 1.81 bits per heavy atom. The van der Waals surface area contributed by atoms with E-state index in [2.05, 4.69) is 27.8 Å². The van der Waals surface area contributed by atoms with Gasteiger partial charge in [0.1, 0.15) is 5.82 Å². The molecule has 0 aliphatic carbocycles. The van der Waals surface area contributed by atoms with Gasteiger partial charge in [0.25, 0.3) is 0 Å². The number of methoxy groups -OCH3 is 3. The minimum atomic E-state index is -0.0920. The van der Waals surface area contributed by atoms with Crippen molar-refractivity contribution in [2.24, 2.45) is 5.92 Å². The number of carbonyl (C=O) groups excluding carboxylic acids is 1. The van der Waals surface area contributed by atoms with E-state index in [0.29, 0.717) is 47.8 Å². The summed E-state index contributed by atoms with van der Waals surface area (Å²) in [6.07, 6.45) is 3.49. The van der Waals surface area contributed by atoms with Gasteiger partial charge in [0.2, 0.25) is 17.6 Å². The summed E-state index contributed by atoms with van der Waals surface area (Å²) in [7, 11) is 4.68. The maximum Gasteiger partial charge on any atom is 0.232 e. The predicted molar refractivity (Wildman–Crippen MR) is 139 cm³/mol. The molecule has 4 rings (SSSR count). The fourth-order valence-electron chi connectivity index (χ4n) is 4.27. The van der Waals surface area contributed by atoms with E-state index in [1.807, 2.05) is 19.1 Å². The lowest BCUT2D eigenvalue weighted by Gasteiger charge is -2.29. The number of rotatable bonds is 9. The zero-order chi connectivity index (χ0) is 25.5. The molecule has 2 aromatic carbocycles. The van der Waals surface area contributed by atoms with Crippen molar-refractivity contribution in [1.29, 1.82) is 0 Å². The predicted octanol–water partition coefficient (Wildman–Crippen LogP) is 4.09. The summed E-state index contributed by atoms with van der Waals surface area (Å²) < 4.78 is 16.3. The highest BCUT2D eigenvalue weighted by Gasteiger charge is 2.28. The van der Waals surface area contributed by atoms with Crippen molar-refractivity contribution in [3.8, 4) is 17.2 Å². The molecule has 0 spiro atoms. The summed E-state index contributed by atoms with van der Waals surface area (Å²) in [6.45, 7) is 4.09. The van der Waals surface area contributed by atoms with Gasteiger partial charge in [-0.25, -0.2) is 4.98 Å². The summed E-state index contributed by atoms with van der Waals surface area (Å²) in [5, 5.41) is 6.54. The number of ether oxygens (including phenoxy) is 3. The van der Waals surface area contributed by atoms with Crippen molar-refractivity contribution in [2.45, 2.75) is 26.3 Å². The molecule has 1 fully saturated rings. The number of nitrogens with zero attached hydrogens (tertiary/aromatic N) is 3. The SMILES string of the molecule is COc1cc(Nc2nccc(N(Cc3ccc(C)cc3)C(=O)C3CCCNC3)n2)cc(OC)c1OC. The van der Waals surface area contributed by atoms with Crippen molar-refractivity contribution in [2.75, 3.05) is 44.6 Å². The number of nitrogens with one attached hydrogen (secondary N) is 2. The topological polar surface area (TPSA) is 97.8 Å². The molecule has 1 amide bonds.